The molecule has 0 aliphatic heterocycles. The number of carbonyl (C=O) groups excluding carboxylic acids is 1. The highest BCUT2D eigenvalue weighted by atomic mass is 16.1. The fourth-order valence-electron chi connectivity index (χ4n) is 1.19. The van der Waals surface area contributed by atoms with Crippen molar-refractivity contribution in [2.24, 2.45) is 0 Å². The summed E-state index contributed by atoms with van der Waals surface area (Å²) in [6.07, 6.45) is 0.897. The van der Waals surface area contributed by atoms with Crippen LogP contribution in [0.25, 0.3) is 0 Å². The average molecular weight is 177 g/mol. The van der Waals surface area contributed by atoms with E-state index in [1.54, 1.807) is 0 Å². The zero-order chi connectivity index (χ0) is 9.84. The minimum atomic E-state index is 0.404. The molecule has 2 heteroatoms. The first kappa shape index (κ1) is 9.78. The molecule has 13 heavy (non-hydrogen) atoms. The highest BCUT2D eigenvalue weighted by Crippen LogP contribution is 2.18. The van der Waals surface area contributed by atoms with Gasteiger partial charge < -0.3 is 4.90 Å². The molecule has 0 N–H and O–H groups in total. The van der Waals surface area contributed by atoms with Crippen molar-refractivity contribution in [2.75, 3.05) is 11.9 Å². The molecule has 0 heterocycles. The fourth-order valence-corrected chi connectivity index (χ4v) is 1.19. The number of hydrogen-bond acceptors (Lipinski definition) is 2. The van der Waals surface area contributed by atoms with Gasteiger partial charge in [-0.3, -0.25) is 4.79 Å². The predicted molar refractivity (Wildman–Crippen MR) is 55.4 cm³/mol. The Morgan fingerprint density at radius 3 is 2.46 bits per heavy atom. The van der Waals surface area contributed by atoms with Crippen molar-refractivity contribution in [3.05, 3.63) is 29.8 Å². The monoisotopic (exact) mass is 177 g/mol. The van der Waals surface area contributed by atoms with Crippen molar-refractivity contribution < 1.29 is 4.79 Å². The van der Waals surface area contributed by atoms with Crippen LogP contribution >= 0.6 is 0 Å². The van der Waals surface area contributed by atoms with Crippen LogP contribution in [-0.2, 0) is 0 Å². The van der Waals surface area contributed by atoms with E-state index in [0.717, 1.165) is 17.5 Å². The van der Waals surface area contributed by atoms with Gasteiger partial charge in [0, 0.05) is 24.3 Å². The van der Waals surface area contributed by atoms with Crippen LogP contribution in [0.15, 0.2) is 24.3 Å². The fraction of sp³-hybridized carbons (Fsp3) is 0.364. The third-order valence-corrected chi connectivity index (χ3v) is 2.22. The van der Waals surface area contributed by atoms with Crippen LogP contribution in [0.1, 0.15) is 24.2 Å². The van der Waals surface area contributed by atoms with Gasteiger partial charge in [0.05, 0.1) is 0 Å². The minimum Gasteiger partial charge on any atom is -0.372 e. The molecule has 1 aromatic carbocycles. The maximum atomic E-state index is 10.7. The molecule has 1 aromatic rings. The van der Waals surface area contributed by atoms with Gasteiger partial charge in [-0.2, -0.15) is 0 Å². The summed E-state index contributed by atoms with van der Waals surface area (Å²) in [7, 11) is 1.99. The summed E-state index contributed by atoms with van der Waals surface area (Å²) < 4.78 is 0. The van der Waals surface area contributed by atoms with Crippen molar-refractivity contribution in [3.63, 3.8) is 0 Å². The molecule has 2 nitrogen and oxygen atoms in total. The molecule has 0 atom stereocenters. The van der Waals surface area contributed by atoms with Crippen LogP contribution in [0.4, 0.5) is 5.69 Å². The van der Waals surface area contributed by atoms with Gasteiger partial charge in [-0.15, -0.1) is 0 Å². The number of hydrogen-bond donors (Lipinski definition) is 0. The first-order chi connectivity index (χ1) is 6.16. The Bertz CT molecular complexity index is 294. The third kappa shape index (κ3) is 2.08. The topological polar surface area (TPSA) is 20.3 Å². The second kappa shape index (κ2) is 4.08. The predicted octanol–water partition coefficient (Wildman–Crippen LogP) is 2.34. The van der Waals surface area contributed by atoms with E-state index in [4.69, 9.17) is 0 Å². The van der Waals surface area contributed by atoms with Crippen molar-refractivity contribution in [1.82, 2.24) is 0 Å². The van der Waals surface area contributed by atoms with Gasteiger partial charge in [0.1, 0.15) is 0 Å². The summed E-state index contributed by atoms with van der Waals surface area (Å²) in [4.78, 5) is 12.8. The highest BCUT2D eigenvalue weighted by molar-refractivity contribution is 5.84. The van der Waals surface area contributed by atoms with Crippen LogP contribution in [0.2, 0.25) is 0 Å². The van der Waals surface area contributed by atoms with E-state index in [9.17, 15) is 4.79 Å². The summed E-state index contributed by atoms with van der Waals surface area (Å²) in [6.45, 7) is 4.20. The molecule has 0 fully saturated rings. The van der Waals surface area contributed by atoms with Crippen molar-refractivity contribution in [1.29, 1.82) is 0 Å². The molecule has 0 aliphatic rings. The SMILES string of the molecule is CC(C)N(C)c1ccccc1C=O. The van der Waals surface area contributed by atoms with Gasteiger partial charge in [0.15, 0.2) is 6.29 Å². The van der Waals surface area contributed by atoms with Crippen LogP contribution in [-0.4, -0.2) is 19.4 Å². The smallest absolute Gasteiger partial charge is 0.152 e. The minimum absolute atomic E-state index is 0.404. The lowest BCUT2D eigenvalue weighted by Gasteiger charge is -2.24. The molecule has 0 spiro atoms. The molecule has 0 saturated carbocycles. The zero-order valence-electron chi connectivity index (χ0n) is 8.32. The normalized spacial score (nSPS) is 10.2. The molecule has 0 radical (unpaired) electrons. The number of anilines is 1. The number of rotatable bonds is 3. The van der Waals surface area contributed by atoms with E-state index in [2.05, 4.69) is 18.7 Å². The maximum absolute atomic E-state index is 10.7. The lowest BCUT2D eigenvalue weighted by atomic mass is 10.1. The second-order valence-corrected chi connectivity index (χ2v) is 3.38. The molecule has 0 aromatic heterocycles. The van der Waals surface area contributed by atoms with Crippen LogP contribution in [0.3, 0.4) is 0 Å². The van der Waals surface area contributed by atoms with Gasteiger partial charge in [-0.05, 0) is 26.0 Å². The van der Waals surface area contributed by atoms with E-state index < -0.39 is 0 Å². The van der Waals surface area contributed by atoms with E-state index in [-0.39, 0.29) is 0 Å². The zero-order valence-corrected chi connectivity index (χ0v) is 8.32. The molecule has 0 amide bonds. The number of benzene rings is 1. The van der Waals surface area contributed by atoms with Gasteiger partial charge in [0.25, 0.3) is 0 Å². The quantitative estimate of drug-likeness (QED) is 0.660. The van der Waals surface area contributed by atoms with Crippen molar-refractivity contribution >= 4 is 12.0 Å². The number of para-hydroxylation sites is 1. The number of nitrogens with zero attached hydrogens (tertiary/aromatic N) is 1. The van der Waals surface area contributed by atoms with Gasteiger partial charge >= 0.3 is 0 Å². The van der Waals surface area contributed by atoms with Gasteiger partial charge in [-0.1, -0.05) is 12.1 Å². The van der Waals surface area contributed by atoms with Crippen LogP contribution in [0.5, 0.6) is 0 Å². The molecule has 0 unspecified atom stereocenters. The lowest BCUT2D eigenvalue weighted by molar-refractivity contribution is 0.112. The standard InChI is InChI=1S/C11H15NO/c1-9(2)12(3)11-7-5-4-6-10(11)8-13/h4-9H,1-3H3. The van der Waals surface area contributed by atoms with Gasteiger partial charge in [-0.25, -0.2) is 0 Å². The molecular weight excluding hydrogens is 162 g/mol. The molecule has 0 saturated heterocycles. The van der Waals surface area contributed by atoms with E-state index in [0.29, 0.717) is 6.04 Å². The highest BCUT2D eigenvalue weighted by Gasteiger charge is 2.08. The molecule has 0 bridgehead atoms. The number of carbonyl (C=O) groups is 1. The summed E-state index contributed by atoms with van der Waals surface area (Å²) in [5.41, 5.74) is 1.74. The lowest BCUT2D eigenvalue weighted by Crippen LogP contribution is -2.26. The van der Waals surface area contributed by atoms with Crippen LogP contribution < -0.4 is 4.90 Å². The Labute approximate surface area is 79.2 Å². The summed E-state index contributed by atoms with van der Waals surface area (Å²) in [5, 5.41) is 0. The van der Waals surface area contributed by atoms with E-state index in [1.807, 2.05) is 31.3 Å². The molecule has 1 rings (SSSR count). The summed E-state index contributed by atoms with van der Waals surface area (Å²) in [5.74, 6) is 0. The molecule has 0 aliphatic carbocycles. The Kier molecular flexibility index (Phi) is 3.07. The van der Waals surface area contributed by atoms with E-state index in [1.165, 1.54) is 0 Å². The van der Waals surface area contributed by atoms with Crippen molar-refractivity contribution in [2.45, 2.75) is 19.9 Å². The summed E-state index contributed by atoms with van der Waals surface area (Å²) in [6, 6.07) is 8.02. The average Bonchev–Trinajstić information content (AvgIpc) is 2.16. The maximum Gasteiger partial charge on any atom is 0.152 e. The van der Waals surface area contributed by atoms with Crippen molar-refractivity contribution in [3.8, 4) is 0 Å². The third-order valence-electron chi connectivity index (χ3n) is 2.22. The Balaban J connectivity index is 3.05. The van der Waals surface area contributed by atoms with Gasteiger partial charge in [0.2, 0.25) is 0 Å². The Morgan fingerprint density at radius 2 is 1.92 bits per heavy atom. The Hall–Kier alpha value is -1.31. The number of aldehydes is 1. The molecule has 70 valence electrons. The first-order valence-electron chi connectivity index (χ1n) is 4.44. The van der Waals surface area contributed by atoms with E-state index >= 15 is 0 Å². The molecular formula is C11H15NO. The Morgan fingerprint density at radius 1 is 1.31 bits per heavy atom. The second-order valence-electron chi connectivity index (χ2n) is 3.38. The summed E-state index contributed by atoms with van der Waals surface area (Å²) >= 11 is 0. The first-order valence-corrected chi connectivity index (χ1v) is 4.44. The largest absolute Gasteiger partial charge is 0.372 e. The van der Waals surface area contributed by atoms with Crippen LogP contribution in [0, 0.1) is 0 Å².